The highest BCUT2D eigenvalue weighted by Gasteiger charge is 2.41. The predicted octanol–water partition coefficient (Wildman–Crippen LogP) is 2.77. The molecule has 1 aliphatic carbocycles. The number of nitrogens with two attached hydrogens (primary N) is 1. The molecule has 3 rings (SSSR count). The van der Waals surface area contributed by atoms with E-state index in [1.165, 1.54) is 18.2 Å². The first kappa shape index (κ1) is 21.2. The molecule has 0 spiro atoms. The van der Waals surface area contributed by atoms with Crippen molar-refractivity contribution in [2.45, 2.75) is 30.2 Å². The minimum absolute atomic E-state index is 0. The standard InChI is InChI=1S/C19H23N3O3S.ClH/c1-19(13-20,15-10-11-15)21-18(23)14-6-5-7-16(12-14)22-26(24,25)17-8-3-2-4-9-17;/h2-9,12,15,22H,10-11,13,20H2,1H3,(H,21,23);1H. The van der Waals surface area contributed by atoms with Crippen molar-refractivity contribution in [1.29, 1.82) is 0 Å². The number of carbonyl (C=O) groups excluding carboxylic acids is 1. The Morgan fingerprint density at radius 3 is 2.41 bits per heavy atom. The fraction of sp³-hybridized carbons (Fsp3) is 0.316. The van der Waals surface area contributed by atoms with E-state index in [1.807, 2.05) is 6.92 Å². The fourth-order valence-corrected chi connectivity index (χ4v) is 3.98. The summed E-state index contributed by atoms with van der Waals surface area (Å²) >= 11 is 0. The van der Waals surface area contributed by atoms with Crippen LogP contribution in [0, 0.1) is 5.92 Å². The van der Waals surface area contributed by atoms with Gasteiger partial charge in [0.2, 0.25) is 0 Å². The van der Waals surface area contributed by atoms with E-state index in [0.717, 1.165) is 12.8 Å². The summed E-state index contributed by atoms with van der Waals surface area (Å²) in [4.78, 5) is 12.8. The molecule has 0 heterocycles. The molecule has 2 aromatic rings. The molecule has 0 bridgehead atoms. The number of sulfonamides is 1. The van der Waals surface area contributed by atoms with Gasteiger partial charge >= 0.3 is 0 Å². The van der Waals surface area contributed by atoms with Crippen LogP contribution < -0.4 is 15.8 Å². The Morgan fingerprint density at radius 2 is 1.81 bits per heavy atom. The summed E-state index contributed by atoms with van der Waals surface area (Å²) in [5, 5.41) is 3.00. The lowest BCUT2D eigenvalue weighted by molar-refractivity contribution is 0.0898. The van der Waals surface area contributed by atoms with Crippen LogP contribution in [0.5, 0.6) is 0 Å². The lowest BCUT2D eigenvalue weighted by Crippen LogP contribution is -2.53. The Labute approximate surface area is 166 Å². The Balaban J connectivity index is 0.00000261. The molecule has 8 heteroatoms. The summed E-state index contributed by atoms with van der Waals surface area (Å²) in [5.74, 6) is 0.141. The number of hydrogen-bond donors (Lipinski definition) is 3. The van der Waals surface area contributed by atoms with Gasteiger partial charge in [0.1, 0.15) is 0 Å². The molecule has 1 fully saturated rings. The maximum atomic E-state index is 12.6. The third-order valence-electron chi connectivity index (χ3n) is 4.73. The molecule has 0 saturated heterocycles. The zero-order chi connectivity index (χ0) is 18.8. The largest absolute Gasteiger partial charge is 0.345 e. The Kier molecular flexibility index (Phi) is 6.51. The fourth-order valence-electron chi connectivity index (χ4n) is 2.91. The molecule has 1 amide bonds. The van der Waals surface area contributed by atoms with Crippen LogP contribution in [0.15, 0.2) is 59.5 Å². The average Bonchev–Trinajstić information content (AvgIpc) is 3.48. The van der Waals surface area contributed by atoms with Crippen LogP contribution in [0.2, 0.25) is 0 Å². The first-order valence-corrected chi connectivity index (χ1v) is 10.0. The second-order valence-corrected chi connectivity index (χ2v) is 8.53. The molecular formula is C19H24ClN3O3S. The average molecular weight is 410 g/mol. The second kappa shape index (κ2) is 8.29. The highest BCUT2D eigenvalue weighted by Crippen LogP contribution is 2.39. The highest BCUT2D eigenvalue weighted by molar-refractivity contribution is 7.92. The number of carbonyl (C=O) groups is 1. The van der Waals surface area contributed by atoms with Gasteiger partial charge in [0.25, 0.3) is 15.9 Å². The SMILES string of the molecule is CC(CN)(NC(=O)c1cccc(NS(=O)(=O)c2ccccc2)c1)C1CC1.Cl. The van der Waals surface area contributed by atoms with Crippen molar-refractivity contribution in [1.82, 2.24) is 5.32 Å². The van der Waals surface area contributed by atoms with Gasteiger partial charge in [-0.3, -0.25) is 9.52 Å². The molecule has 1 atom stereocenters. The topological polar surface area (TPSA) is 101 Å². The molecule has 1 saturated carbocycles. The summed E-state index contributed by atoms with van der Waals surface area (Å²) in [5.41, 5.74) is 6.13. The Bertz CT molecular complexity index is 901. The number of hydrogen-bond acceptors (Lipinski definition) is 4. The lowest BCUT2D eigenvalue weighted by atomic mass is 9.95. The van der Waals surface area contributed by atoms with Gasteiger partial charge in [-0.2, -0.15) is 0 Å². The Hall–Kier alpha value is -2.09. The van der Waals surface area contributed by atoms with Crippen molar-refractivity contribution in [3.05, 3.63) is 60.2 Å². The van der Waals surface area contributed by atoms with Gasteiger partial charge in [-0.15, -0.1) is 12.4 Å². The van der Waals surface area contributed by atoms with Crippen molar-refractivity contribution >= 4 is 34.0 Å². The van der Waals surface area contributed by atoms with Crippen molar-refractivity contribution in [2.75, 3.05) is 11.3 Å². The van der Waals surface area contributed by atoms with Gasteiger partial charge in [0.15, 0.2) is 0 Å². The van der Waals surface area contributed by atoms with E-state index in [4.69, 9.17) is 5.73 Å². The number of amides is 1. The zero-order valence-corrected chi connectivity index (χ0v) is 16.6. The van der Waals surface area contributed by atoms with Crippen LogP contribution in [0.4, 0.5) is 5.69 Å². The molecular weight excluding hydrogens is 386 g/mol. The van der Waals surface area contributed by atoms with E-state index in [9.17, 15) is 13.2 Å². The summed E-state index contributed by atoms with van der Waals surface area (Å²) in [6.45, 7) is 2.31. The lowest BCUT2D eigenvalue weighted by Gasteiger charge is -2.29. The normalized spacial score (nSPS) is 15.9. The molecule has 2 aromatic carbocycles. The predicted molar refractivity (Wildman–Crippen MR) is 109 cm³/mol. The van der Waals surface area contributed by atoms with Crippen molar-refractivity contribution in [2.24, 2.45) is 11.7 Å². The van der Waals surface area contributed by atoms with Gasteiger partial charge < -0.3 is 11.1 Å². The van der Waals surface area contributed by atoms with Crippen LogP contribution >= 0.6 is 12.4 Å². The molecule has 27 heavy (non-hydrogen) atoms. The minimum Gasteiger partial charge on any atom is -0.345 e. The molecule has 4 N–H and O–H groups in total. The van der Waals surface area contributed by atoms with E-state index in [0.29, 0.717) is 23.7 Å². The van der Waals surface area contributed by atoms with E-state index in [1.54, 1.807) is 36.4 Å². The van der Waals surface area contributed by atoms with Gasteiger partial charge in [0.05, 0.1) is 10.4 Å². The molecule has 1 aliphatic rings. The maximum absolute atomic E-state index is 12.6. The second-order valence-electron chi connectivity index (χ2n) is 6.85. The quantitative estimate of drug-likeness (QED) is 0.654. The number of anilines is 1. The number of halogens is 1. The molecule has 0 aliphatic heterocycles. The highest BCUT2D eigenvalue weighted by atomic mass is 35.5. The van der Waals surface area contributed by atoms with Gasteiger partial charge in [-0.25, -0.2) is 8.42 Å². The third kappa shape index (κ3) is 5.00. The number of nitrogens with one attached hydrogen (secondary N) is 2. The van der Waals surface area contributed by atoms with E-state index < -0.39 is 15.6 Å². The first-order chi connectivity index (χ1) is 12.3. The summed E-state index contributed by atoms with van der Waals surface area (Å²) in [7, 11) is -3.70. The van der Waals surface area contributed by atoms with Crippen LogP contribution in [0.3, 0.4) is 0 Å². The van der Waals surface area contributed by atoms with Crippen LogP contribution in [0.1, 0.15) is 30.1 Å². The van der Waals surface area contributed by atoms with Gasteiger partial charge in [0, 0.05) is 17.8 Å². The van der Waals surface area contributed by atoms with Crippen molar-refractivity contribution < 1.29 is 13.2 Å². The van der Waals surface area contributed by atoms with Crippen LogP contribution in [0.25, 0.3) is 0 Å². The molecule has 6 nitrogen and oxygen atoms in total. The van der Waals surface area contributed by atoms with E-state index >= 15 is 0 Å². The zero-order valence-electron chi connectivity index (χ0n) is 15.0. The number of rotatable bonds is 7. The molecule has 146 valence electrons. The van der Waals surface area contributed by atoms with Crippen molar-refractivity contribution in [3.63, 3.8) is 0 Å². The maximum Gasteiger partial charge on any atom is 0.261 e. The summed E-state index contributed by atoms with van der Waals surface area (Å²) < 4.78 is 27.4. The van der Waals surface area contributed by atoms with Crippen LogP contribution in [-0.4, -0.2) is 26.4 Å². The van der Waals surface area contributed by atoms with Gasteiger partial charge in [-0.05, 0) is 56.0 Å². The smallest absolute Gasteiger partial charge is 0.261 e. The molecule has 1 unspecified atom stereocenters. The number of benzene rings is 2. The summed E-state index contributed by atoms with van der Waals surface area (Å²) in [6, 6.07) is 14.5. The van der Waals surface area contributed by atoms with Crippen LogP contribution in [-0.2, 0) is 10.0 Å². The minimum atomic E-state index is -3.70. The van der Waals surface area contributed by atoms with Gasteiger partial charge in [-0.1, -0.05) is 24.3 Å². The van der Waals surface area contributed by atoms with E-state index in [2.05, 4.69) is 10.0 Å². The molecule has 0 radical (unpaired) electrons. The molecule has 0 aromatic heterocycles. The van der Waals surface area contributed by atoms with E-state index in [-0.39, 0.29) is 23.2 Å². The summed E-state index contributed by atoms with van der Waals surface area (Å²) in [6.07, 6.45) is 2.12. The van der Waals surface area contributed by atoms with Crippen molar-refractivity contribution in [3.8, 4) is 0 Å². The Morgan fingerprint density at radius 1 is 1.15 bits per heavy atom. The first-order valence-electron chi connectivity index (χ1n) is 8.54. The third-order valence-corrected chi connectivity index (χ3v) is 6.13. The monoisotopic (exact) mass is 409 g/mol.